The van der Waals surface area contributed by atoms with Crippen LogP contribution in [0.3, 0.4) is 0 Å². The van der Waals surface area contributed by atoms with Crippen LogP contribution in [-0.2, 0) is 9.59 Å². The Kier molecular flexibility index (Phi) is 7.20. The second-order valence-corrected chi connectivity index (χ2v) is 10.6. The number of thioether (sulfide) groups is 1. The summed E-state index contributed by atoms with van der Waals surface area (Å²) in [5.41, 5.74) is 4.15. The summed E-state index contributed by atoms with van der Waals surface area (Å²) in [7, 11) is 2.02. The van der Waals surface area contributed by atoms with Gasteiger partial charge in [-0.1, -0.05) is 17.7 Å². The first-order valence-electron chi connectivity index (χ1n) is 11.6. The highest BCUT2D eigenvalue weighted by molar-refractivity contribution is 8.18. The number of hydrogen-bond acceptors (Lipinski definition) is 6. The van der Waals surface area contributed by atoms with Crippen molar-refractivity contribution in [2.24, 2.45) is 0 Å². The van der Waals surface area contributed by atoms with E-state index in [1.54, 1.807) is 30.3 Å². The minimum absolute atomic E-state index is 0.156. The summed E-state index contributed by atoms with van der Waals surface area (Å²) >= 11 is 7.39. The Bertz CT molecular complexity index is 1300. The molecule has 0 unspecified atom stereocenters. The molecule has 1 fully saturated rings. The van der Waals surface area contributed by atoms with Crippen molar-refractivity contribution in [2.75, 3.05) is 30.4 Å². The first-order chi connectivity index (χ1) is 17.0. The van der Waals surface area contributed by atoms with E-state index in [2.05, 4.69) is 30.1 Å². The standard InChI is InChI=1S/C27H28ClN3O4S/c1-6-35-19-9-7-18(8-10-19)29-24(32)15-31-25(33)23(36-26(31)34)12-17-11-20-16(2)14-27(3,4)30(5)22(20)13-21(17)28/h7-14H,6,15H2,1-5H3,(H,29,32)/b23-12-. The van der Waals surface area contributed by atoms with E-state index in [1.165, 1.54) is 0 Å². The molecule has 0 aliphatic carbocycles. The van der Waals surface area contributed by atoms with Crippen LogP contribution in [0.1, 0.15) is 38.8 Å². The molecule has 0 atom stereocenters. The van der Waals surface area contributed by atoms with Crippen molar-refractivity contribution in [3.05, 3.63) is 63.5 Å². The fourth-order valence-corrected chi connectivity index (χ4v) is 5.26. The number of ether oxygens (including phenoxy) is 1. The highest BCUT2D eigenvalue weighted by atomic mass is 35.5. The molecule has 0 aromatic heterocycles. The van der Waals surface area contributed by atoms with Gasteiger partial charge in [-0.25, -0.2) is 0 Å². The number of carbonyl (C=O) groups is 3. The highest BCUT2D eigenvalue weighted by Gasteiger charge is 2.37. The van der Waals surface area contributed by atoms with Crippen LogP contribution in [0.25, 0.3) is 11.6 Å². The van der Waals surface area contributed by atoms with E-state index in [4.69, 9.17) is 16.3 Å². The van der Waals surface area contributed by atoms with Gasteiger partial charge in [0, 0.05) is 29.0 Å². The van der Waals surface area contributed by atoms with Crippen molar-refractivity contribution in [3.8, 4) is 5.75 Å². The maximum Gasteiger partial charge on any atom is 0.294 e. The molecule has 2 aliphatic rings. The molecule has 7 nitrogen and oxygen atoms in total. The van der Waals surface area contributed by atoms with E-state index in [-0.39, 0.29) is 17.0 Å². The molecule has 2 aliphatic heterocycles. The van der Waals surface area contributed by atoms with Crippen LogP contribution < -0.4 is 15.0 Å². The topological polar surface area (TPSA) is 79.0 Å². The van der Waals surface area contributed by atoms with E-state index in [0.29, 0.717) is 28.6 Å². The second-order valence-electron chi connectivity index (χ2n) is 9.20. The monoisotopic (exact) mass is 525 g/mol. The molecule has 2 aromatic carbocycles. The zero-order valence-electron chi connectivity index (χ0n) is 20.8. The number of benzene rings is 2. The normalized spacial score (nSPS) is 17.8. The number of carbonyl (C=O) groups excluding carboxylic acids is 3. The summed E-state index contributed by atoms with van der Waals surface area (Å²) in [5.74, 6) is -0.305. The van der Waals surface area contributed by atoms with Gasteiger partial charge in [-0.15, -0.1) is 0 Å². The van der Waals surface area contributed by atoms with Gasteiger partial charge in [-0.3, -0.25) is 19.3 Å². The summed E-state index contributed by atoms with van der Waals surface area (Å²) in [4.78, 5) is 41.4. The molecule has 36 heavy (non-hydrogen) atoms. The predicted molar refractivity (Wildman–Crippen MR) is 147 cm³/mol. The number of amides is 3. The number of anilines is 2. The van der Waals surface area contributed by atoms with Crippen LogP contribution in [0.2, 0.25) is 5.02 Å². The molecule has 0 spiro atoms. The lowest BCUT2D eigenvalue weighted by Gasteiger charge is -2.40. The Hall–Kier alpha value is -3.23. The molecule has 1 N–H and O–H groups in total. The summed E-state index contributed by atoms with van der Waals surface area (Å²) in [5, 5.41) is 2.68. The van der Waals surface area contributed by atoms with Gasteiger partial charge in [0.1, 0.15) is 12.3 Å². The van der Waals surface area contributed by atoms with Gasteiger partial charge in [-0.2, -0.15) is 0 Å². The van der Waals surface area contributed by atoms with Crippen molar-refractivity contribution in [2.45, 2.75) is 33.2 Å². The number of nitrogens with zero attached hydrogens (tertiary/aromatic N) is 2. The summed E-state index contributed by atoms with van der Waals surface area (Å²) in [6, 6.07) is 10.7. The Balaban J connectivity index is 1.50. The quantitative estimate of drug-likeness (QED) is 0.463. The van der Waals surface area contributed by atoms with Crippen LogP contribution >= 0.6 is 23.4 Å². The SMILES string of the molecule is CCOc1ccc(NC(=O)CN2C(=O)S/C(=C\c3cc4c(cc3Cl)N(C)C(C)(C)C=C4C)C2=O)cc1. The smallest absolute Gasteiger partial charge is 0.294 e. The maximum atomic E-state index is 13.0. The third-order valence-electron chi connectivity index (χ3n) is 6.25. The Morgan fingerprint density at radius 1 is 1.19 bits per heavy atom. The zero-order valence-corrected chi connectivity index (χ0v) is 22.4. The molecule has 9 heteroatoms. The molecule has 188 valence electrons. The van der Waals surface area contributed by atoms with Crippen molar-refractivity contribution < 1.29 is 19.1 Å². The first-order valence-corrected chi connectivity index (χ1v) is 12.7. The number of rotatable bonds is 6. The fraction of sp³-hybridized carbons (Fsp3) is 0.296. The minimum atomic E-state index is -0.522. The maximum absolute atomic E-state index is 13.0. The van der Waals surface area contributed by atoms with Gasteiger partial charge < -0.3 is 15.0 Å². The summed E-state index contributed by atoms with van der Waals surface area (Å²) in [6.45, 7) is 8.35. The van der Waals surface area contributed by atoms with Crippen molar-refractivity contribution in [1.82, 2.24) is 4.90 Å². The molecule has 4 rings (SSSR count). The van der Waals surface area contributed by atoms with Gasteiger partial charge in [0.05, 0.1) is 17.1 Å². The largest absolute Gasteiger partial charge is 0.494 e. The van der Waals surface area contributed by atoms with Crippen LogP contribution in [0.5, 0.6) is 5.75 Å². The number of likely N-dealkylation sites (N-methyl/N-ethyl adjacent to an activating group) is 1. The van der Waals surface area contributed by atoms with Gasteiger partial charge in [0.2, 0.25) is 5.91 Å². The van der Waals surface area contributed by atoms with Crippen LogP contribution in [0.4, 0.5) is 16.2 Å². The number of allylic oxidation sites excluding steroid dienone is 1. The lowest BCUT2D eigenvalue weighted by molar-refractivity contribution is -0.127. The van der Waals surface area contributed by atoms with Crippen molar-refractivity contribution in [3.63, 3.8) is 0 Å². The fourth-order valence-electron chi connectivity index (χ4n) is 4.22. The second kappa shape index (κ2) is 10.0. The summed E-state index contributed by atoms with van der Waals surface area (Å²) in [6.07, 6.45) is 3.80. The van der Waals surface area contributed by atoms with E-state index in [0.717, 1.165) is 33.5 Å². The van der Waals surface area contributed by atoms with Crippen LogP contribution in [0, 0.1) is 0 Å². The van der Waals surface area contributed by atoms with Gasteiger partial charge in [0.25, 0.3) is 11.1 Å². The third-order valence-corrected chi connectivity index (χ3v) is 7.48. The van der Waals surface area contributed by atoms with Crippen molar-refractivity contribution in [1.29, 1.82) is 0 Å². The Morgan fingerprint density at radius 2 is 1.89 bits per heavy atom. The van der Waals surface area contributed by atoms with Crippen LogP contribution in [0.15, 0.2) is 47.4 Å². The van der Waals surface area contributed by atoms with E-state index >= 15 is 0 Å². The molecule has 0 saturated carbocycles. The molecule has 1 saturated heterocycles. The average molecular weight is 526 g/mol. The first kappa shape index (κ1) is 25.9. The lowest BCUT2D eigenvalue weighted by atomic mass is 9.88. The highest BCUT2D eigenvalue weighted by Crippen LogP contribution is 2.42. The molecular formula is C27H28ClN3O4S. The average Bonchev–Trinajstić information content (AvgIpc) is 3.07. The molecule has 0 bridgehead atoms. The van der Waals surface area contributed by atoms with E-state index < -0.39 is 17.1 Å². The predicted octanol–water partition coefficient (Wildman–Crippen LogP) is 6.05. The summed E-state index contributed by atoms with van der Waals surface area (Å²) < 4.78 is 5.39. The number of halogens is 1. The number of hydrogen-bond donors (Lipinski definition) is 1. The number of fused-ring (bicyclic) bond motifs is 1. The van der Waals surface area contributed by atoms with Crippen molar-refractivity contribution >= 4 is 63.4 Å². The lowest BCUT2D eigenvalue weighted by Crippen LogP contribution is -2.42. The number of imide groups is 1. The molecule has 2 aromatic rings. The Labute approximate surface area is 220 Å². The van der Waals surface area contributed by atoms with E-state index in [9.17, 15) is 14.4 Å². The molecule has 0 radical (unpaired) electrons. The van der Waals surface area contributed by atoms with Gasteiger partial charge in [0.15, 0.2) is 0 Å². The minimum Gasteiger partial charge on any atom is -0.494 e. The molecular weight excluding hydrogens is 498 g/mol. The molecule has 2 heterocycles. The Morgan fingerprint density at radius 3 is 2.56 bits per heavy atom. The number of nitrogens with one attached hydrogen (secondary N) is 1. The molecule has 3 amide bonds. The zero-order chi connectivity index (χ0) is 26.2. The van der Waals surface area contributed by atoms with E-state index in [1.807, 2.05) is 33.0 Å². The van der Waals surface area contributed by atoms with Gasteiger partial charge in [-0.05, 0) is 93.1 Å². The third kappa shape index (κ3) is 5.15. The van der Waals surface area contributed by atoms with Crippen LogP contribution in [-0.4, -0.2) is 47.7 Å². The van der Waals surface area contributed by atoms with Gasteiger partial charge >= 0.3 is 0 Å².